The van der Waals surface area contributed by atoms with Gasteiger partial charge in [0.1, 0.15) is 17.9 Å². The van der Waals surface area contributed by atoms with E-state index in [0.717, 1.165) is 6.92 Å². The van der Waals surface area contributed by atoms with Crippen LogP contribution in [0.25, 0.3) is 0 Å². The van der Waals surface area contributed by atoms with Gasteiger partial charge in [-0.25, -0.2) is 14.4 Å². The van der Waals surface area contributed by atoms with Crippen molar-refractivity contribution in [2.45, 2.75) is 20.0 Å². The lowest BCUT2D eigenvalue weighted by molar-refractivity contribution is -0.135. The zero-order valence-electron chi connectivity index (χ0n) is 10.3. The first-order valence-corrected chi connectivity index (χ1v) is 5.10. The van der Waals surface area contributed by atoms with Crippen LogP contribution >= 0.6 is 0 Å². The van der Waals surface area contributed by atoms with Crippen LogP contribution in [0.1, 0.15) is 13.8 Å². The minimum Gasteiger partial charge on any atom is -0.489 e. The number of aliphatic hydroxyl groups is 1. The topological polar surface area (TPSA) is 141 Å². The van der Waals surface area contributed by atoms with E-state index in [9.17, 15) is 14.4 Å². The van der Waals surface area contributed by atoms with Crippen LogP contribution < -0.4 is 0 Å². The summed E-state index contributed by atoms with van der Waals surface area (Å²) in [5.41, 5.74) is -1.29. The number of carboxylic acid groups (broad SMARTS) is 3. The lowest BCUT2D eigenvalue weighted by Gasteiger charge is -2.14. The predicted molar refractivity (Wildman–Crippen MR) is 61.3 cm³/mol. The Morgan fingerprint density at radius 1 is 1.16 bits per heavy atom. The highest BCUT2D eigenvalue weighted by atomic mass is 16.5. The third-order valence-corrected chi connectivity index (χ3v) is 1.87. The molecule has 19 heavy (non-hydrogen) atoms. The zero-order valence-corrected chi connectivity index (χ0v) is 10.3. The summed E-state index contributed by atoms with van der Waals surface area (Å²) in [4.78, 5) is 32.3. The molecule has 0 aliphatic carbocycles. The first-order valence-electron chi connectivity index (χ1n) is 5.10. The highest BCUT2D eigenvalue weighted by Gasteiger charge is 2.22. The number of ether oxygens (including phenoxy) is 1. The van der Waals surface area contributed by atoms with Gasteiger partial charge < -0.3 is 25.2 Å². The quantitative estimate of drug-likeness (QED) is 0.285. The van der Waals surface area contributed by atoms with Gasteiger partial charge in [0.25, 0.3) is 0 Å². The molecule has 0 saturated carbocycles. The molecule has 0 aliphatic heterocycles. The molecule has 0 spiro atoms. The van der Waals surface area contributed by atoms with E-state index >= 15 is 0 Å². The van der Waals surface area contributed by atoms with Gasteiger partial charge in [0.2, 0.25) is 0 Å². The van der Waals surface area contributed by atoms with E-state index in [1.165, 1.54) is 6.92 Å². The Labute approximate surface area is 108 Å². The van der Waals surface area contributed by atoms with Crippen LogP contribution in [-0.2, 0) is 19.1 Å². The smallest absolute Gasteiger partial charge is 0.339 e. The zero-order chi connectivity index (χ0) is 15.2. The van der Waals surface area contributed by atoms with Crippen molar-refractivity contribution in [1.82, 2.24) is 0 Å². The van der Waals surface area contributed by atoms with Crippen molar-refractivity contribution in [2.24, 2.45) is 0 Å². The molecule has 0 saturated heterocycles. The first-order chi connectivity index (χ1) is 8.66. The Bertz CT molecular complexity index is 444. The van der Waals surface area contributed by atoms with Crippen LogP contribution in [0.15, 0.2) is 23.0 Å². The molecule has 1 unspecified atom stereocenters. The van der Waals surface area contributed by atoms with Gasteiger partial charge in [0.15, 0.2) is 0 Å². The van der Waals surface area contributed by atoms with Gasteiger partial charge in [-0.15, -0.1) is 0 Å². The highest BCUT2D eigenvalue weighted by Crippen LogP contribution is 2.18. The average molecular weight is 274 g/mol. The fourth-order valence-electron chi connectivity index (χ4n) is 1.04. The van der Waals surface area contributed by atoms with Crippen LogP contribution in [-0.4, -0.2) is 51.0 Å². The highest BCUT2D eigenvalue weighted by molar-refractivity contribution is 6.00. The number of hydrogen-bond donors (Lipinski definition) is 4. The van der Waals surface area contributed by atoms with Crippen LogP contribution in [0.4, 0.5) is 0 Å². The van der Waals surface area contributed by atoms with Crippen LogP contribution in [0, 0.1) is 0 Å². The van der Waals surface area contributed by atoms with Crippen molar-refractivity contribution in [2.75, 3.05) is 6.61 Å². The van der Waals surface area contributed by atoms with Gasteiger partial charge in [0.05, 0.1) is 11.7 Å². The summed E-state index contributed by atoms with van der Waals surface area (Å²) in [6, 6.07) is 0. The molecule has 1 atom stereocenters. The average Bonchev–Trinajstić information content (AvgIpc) is 2.26. The molecule has 106 valence electrons. The first kappa shape index (κ1) is 16.6. The van der Waals surface area contributed by atoms with Gasteiger partial charge >= 0.3 is 17.9 Å². The van der Waals surface area contributed by atoms with Crippen molar-refractivity contribution in [3.63, 3.8) is 0 Å². The van der Waals surface area contributed by atoms with Gasteiger partial charge in [-0.1, -0.05) is 0 Å². The minimum atomic E-state index is -1.65. The van der Waals surface area contributed by atoms with Crippen molar-refractivity contribution in [3.8, 4) is 0 Å². The number of carbonyl (C=O) groups is 3. The molecule has 0 aliphatic rings. The maximum Gasteiger partial charge on any atom is 0.339 e. The molecular formula is C11H14O8. The van der Waals surface area contributed by atoms with Gasteiger partial charge in [-0.2, -0.15) is 0 Å². The van der Waals surface area contributed by atoms with Crippen molar-refractivity contribution < 1.29 is 39.5 Å². The van der Waals surface area contributed by atoms with Gasteiger partial charge in [0, 0.05) is 6.08 Å². The van der Waals surface area contributed by atoms with E-state index in [-0.39, 0.29) is 6.61 Å². The molecule has 0 aromatic carbocycles. The molecule has 0 rings (SSSR count). The van der Waals surface area contributed by atoms with E-state index in [1.54, 1.807) is 0 Å². The maximum atomic E-state index is 10.9. The number of aliphatic carboxylic acids is 3. The lowest BCUT2D eigenvalue weighted by atomic mass is 10.1. The van der Waals surface area contributed by atoms with Gasteiger partial charge in [-0.3, -0.25) is 0 Å². The number of rotatable bonds is 7. The van der Waals surface area contributed by atoms with Gasteiger partial charge in [-0.05, 0) is 13.8 Å². The van der Waals surface area contributed by atoms with E-state index in [4.69, 9.17) is 25.2 Å². The van der Waals surface area contributed by atoms with E-state index in [0.29, 0.717) is 6.08 Å². The normalized spacial score (nSPS) is 14.4. The second-order valence-corrected chi connectivity index (χ2v) is 3.62. The molecule has 0 heterocycles. The molecule has 0 radical (unpaired) electrons. The Morgan fingerprint density at radius 2 is 1.68 bits per heavy atom. The van der Waals surface area contributed by atoms with E-state index < -0.39 is 40.9 Å². The fraction of sp³-hybridized carbons (Fsp3) is 0.364. The molecule has 0 amide bonds. The molecule has 4 N–H and O–H groups in total. The molecule has 0 fully saturated rings. The molecular weight excluding hydrogens is 260 g/mol. The minimum absolute atomic E-state index is 0.326. The number of carboxylic acids is 3. The fourth-order valence-corrected chi connectivity index (χ4v) is 1.04. The molecule has 8 nitrogen and oxygen atoms in total. The molecule has 0 aromatic rings. The number of aliphatic hydroxyl groups excluding tert-OH is 1. The summed E-state index contributed by atoms with van der Waals surface area (Å²) in [5.74, 6) is -5.28. The molecule has 0 bridgehead atoms. The lowest BCUT2D eigenvalue weighted by Crippen LogP contribution is -2.17. The third kappa shape index (κ3) is 5.68. The third-order valence-electron chi connectivity index (χ3n) is 1.87. The van der Waals surface area contributed by atoms with Crippen LogP contribution in [0.5, 0.6) is 0 Å². The standard InChI is InChI=1S/C11H14O8/c1-5(12)4-19-9(6(2)10(15)16)7(11(17)18)3-8(13)14/h3,5,12H,4H2,1-2H3,(H,13,14)(H,15,16)(H,17,18)/b7-3-,9-6?. The Kier molecular flexibility index (Phi) is 6.28. The largest absolute Gasteiger partial charge is 0.489 e. The van der Waals surface area contributed by atoms with Crippen molar-refractivity contribution >= 4 is 17.9 Å². The molecule has 0 aromatic heterocycles. The van der Waals surface area contributed by atoms with Crippen LogP contribution in [0.2, 0.25) is 0 Å². The van der Waals surface area contributed by atoms with Crippen LogP contribution in [0.3, 0.4) is 0 Å². The predicted octanol–water partition coefficient (Wildman–Crippen LogP) is -0.162. The molecule has 8 heteroatoms. The van der Waals surface area contributed by atoms with Crippen molar-refractivity contribution in [1.29, 1.82) is 0 Å². The van der Waals surface area contributed by atoms with E-state index in [2.05, 4.69) is 0 Å². The summed E-state index contributed by atoms with van der Waals surface area (Å²) < 4.78 is 4.89. The second-order valence-electron chi connectivity index (χ2n) is 3.62. The Morgan fingerprint density at radius 3 is 2.00 bits per heavy atom. The second kappa shape index (κ2) is 7.17. The summed E-state index contributed by atoms with van der Waals surface area (Å²) in [6.45, 7) is 2.04. The summed E-state index contributed by atoms with van der Waals surface area (Å²) >= 11 is 0. The van der Waals surface area contributed by atoms with E-state index in [1.807, 2.05) is 0 Å². The monoisotopic (exact) mass is 274 g/mol. The summed E-state index contributed by atoms with van der Waals surface area (Å²) in [5, 5.41) is 35.3. The van der Waals surface area contributed by atoms with Crippen molar-refractivity contribution in [3.05, 3.63) is 23.0 Å². The summed E-state index contributed by atoms with van der Waals surface area (Å²) in [7, 11) is 0. The maximum absolute atomic E-state index is 10.9. The Hall–Kier alpha value is -2.35. The SMILES string of the molecule is CC(C(=O)O)=C(OCC(C)O)/C(=C/C(=O)O)C(=O)O. The Balaban J connectivity index is 5.68. The summed E-state index contributed by atoms with van der Waals surface area (Å²) in [6.07, 6.45) is -0.650. The number of hydrogen-bond acceptors (Lipinski definition) is 5.